The smallest absolute Gasteiger partial charge is 0.231 e. The third-order valence-electron chi connectivity index (χ3n) is 4.06. The average molecular weight is 328 g/mol. The SMILES string of the molecule is COc1ccc2c(c1)CC(C(=O)Nc1cc(OC)ccc1N)CO2. The highest BCUT2D eigenvalue weighted by atomic mass is 16.5. The molecule has 6 heteroatoms. The molecule has 1 aliphatic heterocycles. The number of carbonyl (C=O) groups is 1. The number of benzene rings is 2. The Labute approximate surface area is 140 Å². The van der Waals surface area contributed by atoms with E-state index in [0.717, 1.165) is 17.1 Å². The fourth-order valence-corrected chi connectivity index (χ4v) is 2.67. The Hall–Kier alpha value is -2.89. The van der Waals surface area contributed by atoms with Crippen molar-refractivity contribution < 1.29 is 19.0 Å². The first kappa shape index (κ1) is 16.0. The summed E-state index contributed by atoms with van der Waals surface area (Å²) in [6.45, 7) is 0.328. The van der Waals surface area contributed by atoms with Gasteiger partial charge in [0, 0.05) is 6.07 Å². The normalized spacial score (nSPS) is 15.8. The zero-order valence-electron chi connectivity index (χ0n) is 13.7. The number of amides is 1. The minimum Gasteiger partial charge on any atom is -0.497 e. The maximum atomic E-state index is 12.6. The van der Waals surface area contributed by atoms with Crippen molar-refractivity contribution in [2.75, 3.05) is 31.9 Å². The van der Waals surface area contributed by atoms with Gasteiger partial charge in [0.2, 0.25) is 5.91 Å². The lowest BCUT2D eigenvalue weighted by Gasteiger charge is -2.25. The average Bonchev–Trinajstić information content (AvgIpc) is 2.62. The molecule has 6 nitrogen and oxygen atoms in total. The number of hydrogen-bond acceptors (Lipinski definition) is 5. The van der Waals surface area contributed by atoms with Crippen LogP contribution in [0.15, 0.2) is 36.4 Å². The number of hydrogen-bond donors (Lipinski definition) is 2. The summed E-state index contributed by atoms with van der Waals surface area (Å²) in [5.74, 6) is 1.74. The van der Waals surface area contributed by atoms with Gasteiger partial charge in [-0.15, -0.1) is 0 Å². The van der Waals surface area contributed by atoms with Crippen LogP contribution in [0.25, 0.3) is 0 Å². The van der Waals surface area contributed by atoms with Crippen molar-refractivity contribution >= 4 is 17.3 Å². The fraction of sp³-hybridized carbons (Fsp3) is 0.278. The molecule has 1 amide bonds. The van der Waals surface area contributed by atoms with Crippen molar-refractivity contribution in [2.45, 2.75) is 6.42 Å². The molecule has 1 atom stereocenters. The zero-order valence-corrected chi connectivity index (χ0v) is 13.7. The molecule has 24 heavy (non-hydrogen) atoms. The van der Waals surface area contributed by atoms with E-state index in [1.165, 1.54) is 0 Å². The highest BCUT2D eigenvalue weighted by molar-refractivity contribution is 5.96. The molecule has 2 aromatic rings. The number of nitrogen functional groups attached to an aromatic ring is 1. The number of ether oxygens (including phenoxy) is 3. The molecule has 0 radical (unpaired) electrons. The summed E-state index contributed by atoms with van der Waals surface area (Å²) in [5, 5.41) is 2.86. The second kappa shape index (κ2) is 6.70. The van der Waals surface area contributed by atoms with Crippen LogP contribution in [0, 0.1) is 5.92 Å². The van der Waals surface area contributed by atoms with Crippen LogP contribution in [0.5, 0.6) is 17.2 Å². The van der Waals surface area contributed by atoms with Crippen molar-refractivity contribution in [1.82, 2.24) is 0 Å². The van der Waals surface area contributed by atoms with Crippen LogP contribution in [-0.2, 0) is 11.2 Å². The van der Waals surface area contributed by atoms with Gasteiger partial charge < -0.3 is 25.3 Å². The van der Waals surface area contributed by atoms with E-state index in [-0.39, 0.29) is 11.8 Å². The monoisotopic (exact) mass is 328 g/mol. The van der Waals surface area contributed by atoms with Crippen molar-refractivity contribution in [3.8, 4) is 17.2 Å². The zero-order chi connectivity index (χ0) is 17.1. The van der Waals surface area contributed by atoms with Gasteiger partial charge in [-0.3, -0.25) is 4.79 Å². The summed E-state index contributed by atoms with van der Waals surface area (Å²) < 4.78 is 16.1. The van der Waals surface area contributed by atoms with Crippen LogP contribution < -0.4 is 25.3 Å². The second-order valence-electron chi connectivity index (χ2n) is 5.63. The number of rotatable bonds is 4. The molecule has 0 saturated heterocycles. The van der Waals surface area contributed by atoms with Crippen LogP contribution in [0.3, 0.4) is 0 Å². The van der Waals surface area contributed by atoms with E-state index in [2.05, 4.69) is 5.32 Å². The predicted molar refractivity (Wildman–Crippen MR) is 91.7 cm³/mol. The summed E-state index contributed by atoms with van der Waals surface area (Å²) >= 11 is 0. The molecule has 2 aromatic carbocycles. The third-order valence-corrected chi connectivity index (χ3v) is 4.06. The molecule has 0 aromatic heterocycles. The third kappa shape index (κ3) is 3.22. The van der Waals surface area contributed by atoms with Gasteiger partial charge in [0.15, 0.2) is 0 Å². The highest BCUT2D eigenvalue weighted by Gasteiger charge is 2.27. The minimum absolute atomic E-state index is 0.136. The molecule has 3 rings (SSSR count). The van der Waals surface area contributed by atoms with Crippen molar-refractivity contribution in [3.63, 3.8) is 0 Å². The van der Waals surface area contributed by atoms with Crippen molar-refractivity contribution in [3.05, 3.63) is 42.0 Å². The Morgan fingerprint density at radius 3 is 2.62 bits per heavy atom. The van der Waals surface area contributed by atoms with E-state index in [9.17, 15) is 4.79 Å². The molecule has 0 bridgehead atoms. The maximum absolute atomic E-state index is 12.6. The van der Waals surface area contributed by atoms with Crippen molar-refractivity contribution in [2.24, 2.45) is 5.92 Å². The Morgan fingerprint density at radius 1 is 1.17 bits per heavy atom. The lowest BCUT2D eigenvalue weighted by atomic mass is 9.95. The summed E-state index contributed by atoms with van der Waals surface area (Å²) in [4.78, 5) is 12.6. The van der Waals surface area contributed by atoms with E-state index in [1.54, 1.807) is 32.4 Å². The van der Waals surface area contributed by atoms with Gasteiger partial charge >= 0.3 is 0 Å². The molecule has 1 unspecified atom stereocenters. The van der Waals surface area contributed by atoms with E-state index in [4.69, 9.17) is 19.9 Å². The molecule has 0 fully saturated rings. The van der Waals surface area contributed by atoms with Gasteiger partial charge in [-0.1, -0.05) is 0 Å². The number of fused-ring (bicyclic) bond motifs is 1. The van der Waals surface area contributed by atoms with E-state index in [0.29, 0.717) is 30.2 Å². The summed E-state index contributed by atoms with van der Waals surface area (Å²) in [7, 11) is 3.18. The number of nitrogens with one attached hydrogen (secondary N) is 1. The molecule has 0 spiro atoms. The first-order valence-electron chi connectivity index (χ1n) is 7.65. The molecule has 1 heterocycles. The summed E-state index contributed by atoms with van der Waals surface area (Å²) in [6, 6.07) is 10.8. The van der Waals surface area contributed by atoms with Crippen LogP contribution in [-0.4, -0.2) is 26.7 Å². The molecule has 0 aliphatic carbocycles. The molecule has 1 aliphatic rings. The fourth-order valence-electron chi connectivity index (χ4n) is 2.67. The van der Waals surface area contributed by atoms with E-state index >= 15 is 0 Å². The van der Waals surface area contributed by atoms with Gasteiger partial charge in [-0.05, 0) is 42.3 Å². The number of methoxy groups -OCH3 is 2. The van der Waals surface area contributed by atoms with Gasteiger partial charge in [0.05, 0.1) is 31.5 Å². The van der Waals surface area contributed by atoms with Gasteiger partial charge in [0.25, 0.3) is 0 Å². The van der Waals surface area contributed by atoms with Gasteiger partial charge in [-0.2, -0.15) is 0 Å². The Morgan fingerprint density at radius 2 is 1.88 bits per heavy atom. The molecular formula is C18H20N2O4. The summed E-state index contributed by atoms with van der Waals surface area (Å²) in [5.41, 5.74) is 7.90. The topological polar surface area (TPSA) is 82.8 Å². The lowest BCUT2D eigenvalue weighted by Crippen LogP contribution is -2.32. The van der Waals surface area contributed by atoms with E-state index < -0.39 is 0 Å². The van der Waals surface area contributed by atoms with Crippen LogP contribution in [0.4, 0.5) is 11.4 Å². The first-order chi connectivity index (χ1) is 11.6. The molecule has 3 N–H and O–H groups in total. The number of carbonyl (C=O) groups excluding carboxylic acids is 1. The maximum Gasteiger partial charge on any atom is 0.231 e. The highest BCUT2D eigenvalue weighted by Crippen LogP contribution is 2.32. The largest absolute Gasteiger partial charge is 0.497 e. The van der Waals surface area contributed by atoms with Crippen LogP contribution in [0.1, 0.15) is 5.56 Å². The predicted octanol–water partition coefficient (Wildman–Crippen LogP) is 2.48. The minimum atomic E-state index is -0.296. The standard InChI is InChI=1S/C18H20N2O4/c1-22-13-4-6-17-11(8-13)7-12(10-24-17)18(21)20-16-9-14(23-2)3-5-15(16)19/h3-6,8-9,12H,7,10,19H2,1-2H3,(H,20,21). The van der Waals surface area contributed by atoms with Crippen molar-refractivity contribution in [1.29, 1.82) is 0 Å². The molecule has 126 valence electrons. The van der Waals surface area contributed by atoms with Crippen LogP contribution >= 0.6 is 0 Å². The molecular weight excluding hydrogens is 308 g/mol. The summed E-state index contributed by atoms with van der Waals surface area (Å²) in [6.07, 6.45) is 0.586. The Kier molecular flexibility index (Phi) is 4.46. The quantitative estimate of drug-likeness (QED) is 0.843. The Bertz CT molecular complexity index is 761. The van der Waals surface area contributed by atoms with E-state index in [1.807, 2.05) is 18.2 Å². The first-order valence-corrected chi connectivity index (χ1v) is 7.65. The lowest BCUT2D eigenvalue weighted by molar-refractivity contribution is -0.121. The Balaban J connectivity index is 1.74. The second-order valence-corrected chi connectivity index (χ2v) is 5.63. The van der Waals surface area contributed by atoms with Gasteiger partial charge in [-0.25, -0.2) is 0 Å². The number of anilines is 2. The van der Waals surface area contributed by atoms with Crippen LogP contribution in [0.2, 0.25) is 0 Å². The van der Waals surface area contributed by atoms with Gasteiger partial charge in [0.1, 0.15) is 23.9 Å². The number of nitrogens with two attached hydrogens (primary N) is 1. The molecule has 0 saturated carbocycles.